The van der Waals surface area contributed by atoms with E-state index in [2.05, 4.69) is 10.5 Å². The molecule has 0 saturated heterocycles. The van der Waals surface area contributed by atoms with E-state index >= 15 is 0 Å². The average molecular weight is 387 g/mol. The van der Waals surface area contributed by atoms with Crippen LogP contribution in [0, 0.1) is 0 Å². The van der Waals surface area contributed by atoms with E-state index in [4.69, 9.17) is 20.4 Å². The number of hydrogen-bond acceptors (Lipinski definition) is 5. The second-order valence-corrected chi connectivity index (χ2v) is 7.06. The molecular formula is C18H27F2N3O4. The Hall–Kier alpha value is -2.42. The number of aliphatic hydroxyl groups is 1. The van der Waals surface area contributed by atoms with Crippen molar-refractivity contribution in [3.63, 3.8) is 0 Å². The summed E-state index contributed by atoms with van der Waals surface area (Å²) in [5.41, 5.74) is 5.71. The van der Waals surface area contributed by atoms with Crippen LogP contribution in [0.25, 0.3) is 0 Å². The number of ether oxygens (including phenoxy) is 1. The standard InChI is InChI=1S/C18H27F2N3O4/c1-17(2,3)27-16(25)22-14(15(21)23-26-10-9-24)11-12-5-7-13(8-6-12)18(4,19)20/h5-8,14,24H,9-11H2,1-4H3,(H2,21,23)(H,22,25). The summed E-state index contributed by atoms with van der Waals surface area (Å²) in [7, 11) is 0. The van der Waals surface area contributed by atoms with Gasteiger partial charge in [-0.2, -0.15) is 0 Å². The number of alkyl carbamates (subject to hydrolysis) is 1. The number of amidine groups is 1. The summed E-state index contributed by atoms with van der Waals surface area (Å²) in [5.74, 6) is -2.98. The quantitative estimate of drug-likeness (QED) is 0.275. The minimum atomic E-state index is -2.94. The molecule has 1 aromatic carbocycles. The highest BCUT2D eigenvalue weighted by Crippen LogP contribution is 2.27. The summed E-state index contributed by atoms with van der Waals surface area (Å²) in [6, 6.07) is 4.90. The van der Waals surface area contributed by atoms with Crippen LogP contribution >= 0.6 is 0 Å². The van der Waals surface area contributed by atoms with Crippen molar-refractivity contribution >= 4 is 11.9 Å². The maximum Gasteiger partial charge on any atom is 0.408 e. The highest BCUT2D eigenvalue weighted by Gasteiger charge is 2.25. The number of oxime groups is 1. The zero-order valence-electron chi connectivity index (χ0n) is 16.0. The third-order valence-electron chi connectivity index (χ3n) is 3.30. The van der Waals surface area contributed by atoms with Gasteiger partial charge in [0.25, 0.3) is 5.92 Å². The number of amides is 1. The fourth-order valence-electron chi connectivity index (χ4n) is 2.07. The number of rotatable bonds is 8. The lowest BCUT2D eigenvalue weighted by Gasteiger charge is -2.23. The Labute approximate surface area is 157 Å². The van der Waals surface area contributed by atoms with Crippen molar-refractivity contribution in [2.45, 2.75) is 51.7 Å². The lowest BCUT2D eigenvalue weighted by atomic mass is 10.0. The van der Waals surface area contributed by atoms with Crippen LogP contribution in [0.15, 0.2) is 29.4 Å². The van der Waals surface area contributed by atoms with Crippen LogP contribution in [0.3, 0.4) is 0 Å². The van der Waals surface area contributed by atoms with Gasteiger partial charge in [0, 0.05) is 18.9 Å². The van der Waals surface area contributed by atoms with E-state index in [1.54, 1.807) is 20.8 Å². The van der Waals surface area contributed by atoms with Crippen molar-refractivity contribution in [1.82, 2.24) is 5.32 Å². The van der Waals surface area contributed by atoms with Crippen molar-refractivity contribution < 1.29 is 28.3 Å². The van der Waals surface area contributed by atoms with E-state index in [0.29, 0.717) is 5.56 Å². The Morgan fingerprint density at radius 3 is 2.33 bits per heavy atom. The number of nitrogens with two attached hydrogens (primary N) is 1. The average Bonchev–Trinajstić information content (AvgIpc) is 2.52. The molecule has 1 aromatic rings. The monoisotopic (exact) mass is 387 g/mol. The maximum atomic E-state index is 13.3. The maximum absolute atomic E-state index is 13.3. The molecule has 152 valence electrons. The lowest BCUT2D eigenvalue weighted by molar-refractivity contribution is 0.0174. The van der Waals surface area contributed by atoms with Gasteiger partial charge >= 0.3 is 6.09 Å². The number of halogens is 2. The van der Waals surface area contributed by atoms with E-state index < -0.39 is 23.7 Å². The first kappa shape index (κ1) is 22.6. The summed E-state index contributed by atoms with van der Waals surface area (Å²) in [6.45, 7) is 5.67. The number of carbonyl (C=O) groups is 1. The van der Waals surface area contributed by atoms with Crippen molar-refractivity contribution in [3.05, 3.63) is 35.4 Å². The summed E-state index contributed by atoms with van der Waals surface area (Å²) in [5, 5.41) is 15.0. The summed E-state index contributed by atoms with van der Waals surface area (Å²) in [4.78, 5) is 16.9. The Morgan fingerprint density at radius 1 is 1.26 bits per heavy atom. The molecule has 1 unspecified atom stereocenters. The van der Waals surface area contributed by atoms with Gasteiger partial charge in [0.15, 0.2) is 5.84 Å². The van der Waals surface area contributed by atoms with E-state index in [9.17, 15) is 13.6 Å². The zero-order chi connectivity index (χ0) is 20.7. The van der Waals surface area contributed by atoms with Crippen LogP contribution in [0.1, 0.15) is 38.8 Å². The van der Waals surface area contributed by atoms with Crippen molar-refractivity contribution in [3.8, 4) is 0 Å². The number of aliphatic hydroxyl groups excluding tert-OH is 1. The summed E-state index contributed by atoms with van der Waals surface area (Å²) >= 11 is 0. The fraction of sp³-hybridized carbons (Fsp3) is 0.556. The van der Waals surface area contributed by atoms with Crippen LogP contribution in [-0.4, -0.2) is 41.9 Å². The Kier molecular flexibility index (Phi) is 7.96. The minimum Gasteiger partial charge on any atom is -0.444 e. The van der Waals surface area contributed by atoms with Crippen LogP contribution in [0.2, 0.25) is 0 Å². The lowest BCUT2D eigenvalue weighted by Crippen LogP contribution is -2.47. The zero-order valence-corrected chi connectivity index (χ0v) is 16.0. The van der Waals surface area contributed by atoms with Gasteiger partial charge in [-0.05, 0) is 26.3 Å². The number of hydrogen-bond donors (Lipinski definition) is 3. The Bertz CT molecular complexity index is 637. The summed E-state index contributed by atoms with van der Waals surface area (Å²) in [6.07, 6.45) is -0.517. The Balaban J connectivity index is 2.93. The van der Waals surface area contributed by atoms with Gasteiger partial charge in [0.1, 0.15) is 12.2 Å². The first-order chi connectivity index (χ1) is 12.4. The Morgan fingerprint density at radius 2 is 1.85 bits per heavy atom. The molecule has 7 nitrogen and oxygen atoms in total. The molecule has 0 aliphatic rings. The molecule has 9 heteroatoms. The third-order valence-corrected chi connectivity index (χ3v) is 3.30. The van der Waals surface area contributed by atoms with Gasteiger partial charge in [0.2, 0.25) is 0 Å². The number of nitrogens with one attached hydrogen (secondary N) is 1. The third kappa shape index (κ3) is 8.67. The second kappa shape index (κ2) is 9.50. The van der Waals surface area contributed by atoms with Gasteiger partial charge < -0.3 is 25.7 Å². The molecule has 0 bridgehead atoms. The molecule has 0 fully saturated rings. The predicted molar refractivity (Wildman–Crippen MR) is 97.5 cm³/mol. The van der Waals surface area contributed by atoms with Gasteiger partial charge in [-0.1, -0.05) is 29.4 Å². The van der Waals surface area contributed by atoms with Gasteiger partial charge in [0.05, 0.1) is 12.6 Å². The largest absolute Gasteiger partial charge is 0.444 e. The molecule has 1 atom stereocenters. The molecular weight excluding hydrogens is 360 g/mol. The minimum absolute atomic E-state index is 0.0424. The van der Waals surface area contributed by atoms with Crippen molar-refractivity contribution in [2.24, 2.45) is 10.9 Å². The van der Waals surface area contributed by atoms with Crippen molar-refractivity contribution in [1.29, 1.82) is 0 Å². The SMILES string of the molecule is CC(C)(C)OC(=O)NC(Cc1ccc(C(C)(F)F)cc1)/C(N)=N\OCCO. The molecule has 0 heterocycles. The number of alkyl halides is 2. The van der Waals surface area contributed by atoms with E-state index in [1.165, 1.54) is 24.3 Å². The van der Waals surface area contributed by atoms with Crippen LogP contribution in [0.5, 0.6) is 0 Å². The van der Waals surface area contributed by atoms with Crippen LogP contribution in [0.4, 0.5) is 13.6 Å². The molecule has 0 aliphatic carbocycles. The van der Waals surface area contributed by atoms with Gasteiger partial charge in [-0.25, -0.2) is 13.6 Å². The molecule has 0 radical (unpaired) electrons. The molecule has 4 N–H and O–H groups in total. The van der Waals surface area contributed by atoms with E-state index in [-0.39, 0.29) is 31.0 Å². The molecule has 1 rings (SSSR count). The highest BCUT2D eigenvalue weighted by atomic mass is 19.3. The van der Waals surface area contributed by atoms with Gasteiger partial charge in [-0.3, -0.25) is 0 Å². The van der Waals surface area contributed by atoms with E-state index in [0.717, 1.165) is 6.92 Å². The number of benzene rings is 1. The van der Waals surface area contributed by atoms with Gasteiger partial charge in [-0.15, -0.1) is 0 Å². The van der Waals surface area contributed by atoms with Crippen LogP contribution in [-0.2, 0) is 21.9 Å². The van der Waals surface area contributed by atoms with E-state index in [1.807, 2.05) is 0 Å². The highest BCUT2D eigenvalue weighted by molar-refractivity contribution is 5.88. The first-order valence-corrected chi connectivity index (χ1v) is 8.45. The molecule has 0 saturated carbocycles. The molecule has 1 amide bonds. The first-order valence-electron chi connectivity index (χ1n) is 8.45. The molecule has 0 spiro atoms. The molecule has 0 aliphatic heterocycles. The van der Waals surface area contributed by atoms with Crippen molar-refractivity contribution in [2.75, 3.05) is 13.2 Å². The molecule has 0 aromatic heterocycles. The second-order valence-electron chi connectivity index (χ2n) is 7.06. The smallest absolute Gasteiger partial charge is 0.408 e. The summed E-state index contributed by atoms with van der Waals surface area (Å²) < 4.78 is 31.9. The number of carbonyl (C=O) groups excluding carboxylic acids is 1. The fourth-order valence-corrected chi connectivity index (χ4v) is 2.07. The molecule has 27 heavy (non-hydrogen) atoms. The normalized spacial score (nSPS) is 13.8. The number of nitrogens with zero attached hydrogens (tertiary/aromatic N) is 1. The van der Waals surface area contributed by atoms with Crippen LogP contribution < -0.4 is 11.1 Å². The predicted octanol–water partition coefficient (Wildman–Crippen LogP) is 2.52. The topological polar surface area (TPSA) is 106 Å².